The van der Waals surface area contributed by atoms with Crippen molar-refractivity contribution >= 4 is 23.9 Å². The Kier molecular flexibility index (Phi) is 7.85. The summed E-state index contributed by atoms with van der Waals surface area (Å²) < 4.78 is 0. The smallest absolute Gasteiger partial charge is 0.336 e. The van der Waals surface area contributed by atoms with E-state index >= 15 is 0 Å². The molecule has 0 aromatic rings. The second-order valence-electron chi connectivity index (χ2n) is 3.71. The van der Waals surface area contributed by atoms with E-state index in [2.05, 4.69) is 9.78 Å². The van der Waals surface area contributed by atoms with E-state index in [1.165, 1.54) is 0 Å². The van der Waals surface area contributed by atoms with Gasteiger partial charge >= 0.3 is 23.9 Å². The second-order valence-corrected chi connectivity index (χ2v) is 3.71. The van der Waals surface area contributed by atoms with Gasteiger partial charge in [0.25, 0.3) is 0 Å². The van der Waals surface area contributed by atoms with E-state index in [1.807, 2.05) is 0 Å². The molecule has 4 N–H and O–H groups in total. The first-order valence-corrected chi connectivity index (χ1v) is 5.45. The van der Waals surface area contributed by atoms with Crippen LogP contribution < -0.4 is 0 Å². The molecule has 0 spiro atoms. The van der Waals surface area contributed by atoms with Crippen molar-refractivity contribution < 1.29 is 49.4 Å². The zero-order valence-corrected chi connectivity index (χ0v) is 10.2. The monoisotopic (exact) mass is 294 g/mol. The molecule has 10 heteroatoms. The van der Waals surface area contributed by atoms with Crippen LogP contribution in [0.1, 0.15) is 25.7 Å². The van der Waals surface area contributed by atoms with Crippen LogP contribution in [0, 0.1) is 0 Å². The van der Waals surface area contributed by atoms with Gasteiger partial charge in [0.15, 0.2) is 12.2 Å². The van der Waals surface area contributed by atoms with Crippen LogP contribution in [0.3, 0.4) is 0 Å². The van der Waals surface area contributed by atoms with E-state index in [-0.39, 0.29) is 0 Å². The fraction of sp³-hybridized carbons (Fsp3) is 0.600. The van der Waals surface area contributed by atoms with Crippen LogP contribution >= 0.6 is 0 Å². The summed E-state index contributed by atoms with van der Waals surface area (Å²) in [6, 6.07) is 0. The molecule has 2 unspecified atom stereocenters. The van der Waals surface area contributed by atoms with Gasteiger partial charge in [0.1, 0.15) is 0 Å². The van der Waals surface area contributed by atoms with Crippen molar-refractivity contribution in [3.05, 3.63) is 0 Å². The number of aliphatic carboxylic acids is 4. The first-order valence-electron chi connectivity index (χ1n) is 5.45. The van der Waals surface area contributed by atoms with E-state index in [0.717, 1.165) is 0 Å². The average molecular weight is 294 g/mol. The normalized spacial score (nSPS) is 13.4. The second kappa shape index (κ2) is 8.82. The van der Waals surface area contributed by atoms with Gasteiger partial charge in [-0.05, 0) is 12.8 Å². The molecule has 0 saturated heterocycles. The minimum Gasteiger partial charge on any atom is -0.481 e. The van der Waals surface area contributed by atoms with Crippen molar-refractivity contribution in [3.63, 3.8) is 0 Å². The maximum atomic E-state index is 10.7. The average Bonchev–Trinajstić information content (AvgIpc) is 2.30. The van der Waals surface area contributed by atoms with Crippen LogP contribution in [-0.2, 0) is 29.0 Å². The lowest BCUT2D eigenvalue weighted by molar-refractivity contribution is -0.342. The number of hydrogen-bond donors (Lipinski definition) is 4. The fourth-order valence-electron chi connectivity index (χ4n) is 1.07. The minimum absolute atomic E-state index is 0.421. The summed E-state index contributed by atoms with van der Waals surface area (Å²) in [6.07, 6.45) is -5.16. The molecule has 114 valence electrons. The molecule has 0 radical (unpaired) electrons. The third kappa shape index (κ3) is 8.00. The quantitative estimate of drug-likeness (QED) is 0.290. The molecular formula is C10H14O10. The van der Waals surface area contributed by atoms with Crippen LogP contribution in [0.4, 0.5) is 0 Å². The molecule has 0 aromatic heterocycles. The summed E-state index contributed by atoms with van der Waals surface area (Å²) in [5.41, 5.74) is 0. The Balaban J connectivity index is 4.39. The predicted molar refractivity (Wildman–Crippen MR) is 58.8 cm³/mol. The molecular weight excluding hydrogens is 280 g/mol. The van der Waals surface area contributed by atoms with Gasteiger partial charge in [-0.25, -0.2) is 19.4 Å². The van der Waals surface area contributed by atoms with Crippen molar-refractivity contribution in [2.24, 2.45) is 0 Å². The van der Waals surface area contributed by atoms with E-state index in [9.17, 15) is 19.2 Å². The molecule has 0 fully saturated rings. The lowest BCUT2D eigenvalue weighted by Crippen LogP contribution is -2.31. The Bertz CT molecular complexity index is 340. The number of hydrogen-bond acceptors (Lipinski definition) is 6. The molecule has 0 rings (SSSR count). The van der Waals surface area contributed by atoms with Gasteiger partial charge in [-0.2, -0.15) is 0 Å². The zero-order chi connectivity index (χ0) is 15.7. The summed E-state index contributed by atoms with van der Waals surface area (Å²) in [5, 5.41) is 34.2. The molecule has 10 nitrogen and oxygen atoms in total. The highest BCUT2D eigenvalue weighted by atomic mass is 17.2. The number of carbonyl (C=O) groups is 4. The van der Waals surface area contributed by atoms with Gasteiger partial charge in [0.2, 0.25) is 0 Å². The topological polar surface area (TPSA) is 168 Å². The molecule has 0 aliphatic carbocycles. The maximum Gasteiger partial charge on any atom is 0.336 e. The summed E-state index contributed by atoms with van der Waals surface area (Å²) in [4.78, 5) is 50.8. The molecule has 0 saturated carbocycles. The molecule has 0 heterocycles. The first kappa shape index (κ1) is 17.8. The summed E-state index contributed by atoms with van der Waals surface area (Å²) in [5.74, 6) is -5.54. The maximum absolute atomic E-state index is 10.7. The Labute approximate surface area is 112 Å². The molecule has 2 atom stereocenters. The highest BCUT2D eigenvalue weighted by molar-refractivity contribution is 5.75. The first-order chi connectivity index (χ1) is 9.23. The van der Waals surface area contributed by atoms with E-state index < -0.39 is 61.8 Å². The third-order valence-corrected chi connectivity index (χ3v) is 2.08. The standard InChI is InChI=1S/C10H14O10/c11-7(12)3-1-5(9(15)16)19-20-6(10(17)18)2-4-8(13)14/h5-6H,1-4H2,(H,11,12)(H,13,14)(H,15,16)(H,17,18). The number of carboxylic acid groups (broad SMARTS) is 4. The molecule has 0 bridgehead atoms. The number of rotatable bonds is 11. The minimum atomic E-state index is -1.65. The molecule has 20 heavy (non-hydrogen) atoms. The van der Waals surface area contributed by atoms with Crippen LogP contribution in [-0.4, -0.2) is 56.5 Å². The zero-order valence-electron chi connectivity index (χ0n) is 10.2. The summed E-state index contributed by atoms with van der Waals surface area (Å²) >= 11 is 0. The lowest BCUT2D eigenvalue weighted by atomic mass is 10.2. The highest BCUT2D eigenvalue weighted by Crippen LogP contribution is 2.09. The summed E-state index contributed by atoms with van der Waals surface area (Å²) in [7, 11) is 0. The van der Waals surface area contributed by atoms with Crippen molar-refractivity contribution in [1.29, 1.82) is 0 Å². The van der Waals surface area contributed by atoms with Gasteiger partial charge < -0.3 is 20.4 Å². The third-order valence-electron chi connectivity index (χ3n) is 2.08. The lowest BCUT2D eigenvalue weighted by Gasteiger charge is -2.15. The van der Waals surface area contributed by atoms with Gasteiger partial charge in [-0.3, -0.25) is 9.59 Å². The van der Waals surface area contributed by atoms with Crippen LogP contribution in [0.2, 0.25) is 0 Å². The number of carboxylic acids is 4. The van der Waals surface area contributed by atoms with Crippen LogP contribution in [0.15, 0.2) is 0 Å². The summed E-state index contributed by atoms with van der Waals surface area (Å²) in [6.45, 7) is 0. The molecule has 0 aliphatic rings. The highest BCUT2D eigenvalue weighted by Gasteiger charge is 2.26. The van der Waals surface area contributed by atoms with Crippen molar-refractivity contribution in [2.75, 3.05) is 0 Å². The Morgan fingerprint density at radius 2 is 1.00 bits per heavy atom. The Hall–Kier alpha value is -2.20. The predicted octanol–water partition coefficient (Wildman–Crippen LogP) is -0.429. The van der Waals surface area contributed by atoms with Crippen LogP contribution in [0.25, 0.3) is 0 Å². The van der Waals surface area contributed by atoms with Gasteiger partial charge in [0, 0.05) is 12.8 Å². The van der Waals surface area contributed by atoms with Gasteiger partial charge in [-0.1, -0.05) is 0 Å². The van der Waals surface area contributed by atoms with E-state index in [1.54, 1.807) is 0 Å². The molecule has 0 amide bonds. The van der Waals surface area contributed by atoms with Gasteiger partial charge in [-0.15, -0.1) is 0 Å². The molecule has 0 aromatic carbocycles. The van der Waals surface area contributed by atoms with Crippen molar-refractivity contribution in [2.45, 2.75) is 37.9 Å². The van der Waals surface area contributed by atoms with Crippen molar-refractivity contribution in [3.8, 4) is 0 Å². The van der Waals surface area contributed by atoms with Gasteiger partial charge in [0.05, 0.1) is 0 Å². The largest absolute Gasteiger partial charge is 0.481 e. The SMILES string of the molecule is O=C(O)CCC(OOC(CCC(=O)O)C(=O)O)C(=O)O. The van der Waals surface area contributed by atoms with Crippen LogP contribution in [0.5, 0.6) is 0 Å². The van der Waals surface area contributed by atoms with E-state index in [4.69, 9.17) is 20.4 Å². The van der Waals surface area contributed by atoms with Crippen molar-refractivity contribution in [1.82, 2.24) is 0 Å². The molecule has 0 aliphatic heterocycles. The Morgan fingerprint density at radius 3 is 1.20 bits per heavy atom. The van der Waals surface area contributed by atoms with E-state index in [0.29, 0.717) is 0 Å². The fourth-order valence-corrected chi connectivity index (χ4v) is 1.07. The Morgan fingerprint density at radius 1 is 0.700 bits per heavy atom.